The number of rotatable bonds is 5. The summed E-state index contributed by atoms with van der Waals surface area (Å²) in [7, 11) is 0. The minimum atomic E-state index is 0.00251. The number of nitrogens with zero attached hydrogens (tertiary/aromatic N) is 2. The van der Waals surface area contributed by atoms with Crippen molar-refractivity contribution >= 4 is 22.4 Å². The molecule has 4 heteroatoms. The number of anilines is 1. The number of nitrogens with one attached hydrogen (secondary N) is 1. The molecule has 3 aromatic rings. The average molecular weight is 374 g/mol. The van der Waals surface area contributed by atoms with E-state index in [-0.39, 0.29) is 11.9 Å². The van der Waals surface area contributed by atoms with Gasteiger partial charge in [-0.2, -0.15) is 0 Å². The first-order chi connectivity index (χ1) is 13.7. The topological polar surface area (TPSA) is 35.6 Å². The Morgan fingerprint density at radius 2 is 1.57 bits per heavy atom. The van der Waals surface area contributed by atoms with Crippen LogP contribution in [-0.4, -0.2) is 43.5 Å². The molecule has 0 saturated carbocycles. The lowest BCUT2D eigenvalue weighted by atomic mass is 10.0. The molecular weight excluding hydrogens is 346 g/mol. The van der Waals surface area contributed by atoms with Crippen LogP contribution in [0, 0.1) is 0 Å². The van der Waals surface area contributed by atoms with Crippen molar-refractivity contribution in [1.82, 2.24) is 10.2 Å². The smallest absolute Gasteiger partial charge is 0.234 e. The van der Waals surface area contributed by atoms with Crippen molar-refractivity contribution in [3.05, 3.63) is 78.4 Å². The van der Waals surface area contributed by atoms with E-state index >= 15 is 0 Å². The predicted octanol–water partition coefficient (Wildman–Crippen LogP) is 3.84. The molecule has 0 aromatic heterocycles. The van der Waals surface area contributed by atoms with E-state index in [1.54, 1.807) is 0 Å². The highest BCUT2D eigenvalue weighted by Crippen LogP contribution is 2.20. The Balaban J connectivity index is 1.29. The second kappa shape index (κ2) is 8.44. The van der Waals surface area contributed by atoms with Crippen molar-refractivity contribution in [3.63, 3.8) is 0 Å². The van der Waals surface area contributed by atoms with Gasteiger partial charge < -0.3 is 10.2 Å². The average Bonchev–Trinajstić information content (AvgIpc) is 2.74. The molecule has 0 spiro atoms. The van der Waals surface area contributed by atoms with E-state index in [0.29, 0.717) is 6.54 Å². The third-order valence-electron chi connectivity index (χ3n) is 5.51. The first kappa shape index (κ1) is 18.5. The highest BCUT2D eigenvalue weighted by Gasteiger charge is 2.20. The second-order valence-corrected chi connectivity index (χ2v) is 7.49. The molecule has 1 saturated heterocycles. The number of benzene rings is 3. The number of fused-ring (bicyclic) bond motifs is 1. The van der Waals surface area contributed by atoms with Crippen LogP contribution in [0.2, 0.25) is 0 Å². The van der Waals surface area contributed by atoms with Crippen LogP contribution in [-0.2, 0) is 4.79 Å². The molecule has 1 fully saturated rings. The van der Waals surface area contributed by atoms with Crippen LogP contribution in [0.1, 0.15) is 18.5 Å². The molecule has 1 N–H and O–H groups in total. The minimum Gasteiger partial charge on any atom is -0.369 e. The minimum absolute atomic E-state index is 0.00251. The fourth-order valence-corrected chi connectivity index (χ4v) is 3.85. The summed E-state index contributed by atoms with van der Waals surface area (Å²) in [5, 5.41) is 5.59. The van der Waals surface area contributed by atoms with Crippen LogP contribution < -0.4 is 10.2 Å². The highest BCUT2D eigenvalue weighted by molar-refractivity contribution is 5.83. The third kappa shape index (κ3) is 4.34. The molecule has 1 aliphatic heterocycles. The molecule has 1 heterocycles. The Bertz CT molecular complexity index is 933. The molecule has 0 bridgehead atoms. The number of hydrogen-bond donors (Lipinski definition) is 1. The first-order valence-corrected chi connectivity index (χ1v) is 9.99. The van der Waals surface area contributed by atoms with Crippen LogP contribution in [0.25, 0.3) is 10.8 Å². The van der Waals surface area contributed by atoms with Crippen LogP contribution in [0.5, 0.6) is 0 Å². The Morgan fingerprint density at radius 3 is 2.32 bits per heavy atom. The maximum atomic E-state index is 12.5. The van der Waals surface area contributed by atoms with Crippen LogP contribution in [0.4, 0.5) is 5.69 Å². The second-order valence-electron chi connectivity index (χ2n) is 7.49. The summed E-state index contributed by atoms with van der Waals surface area (Å²) in [6, 6.07) is 25.2. The first-order valence-electron chi connectivity index (χ1n) is 9.99. The Hall–Kier alpha value is -2.85. The van der Waals surface area contributed by atoms with Gasteiger partial charge in [0, 0.05) is 31.9 Å². The van der Waals surface area contributed by atoms with Gasteiger partial charge in [0.1, 0.15) is 0 Å². The van der Waals surface area contributed by atoms with Crippen molar-refractivity contribution in [1.29, 1.82) is 0 Å². The van der Waals surface area contributed by atoms with Gasteiger partial charge in [-0.1, -0.05) is 54.6 Å². The molecule has 1 atom stereocenters. The van der Waals surface area contributed by atoms with Gasteiger partial charge in [0.25, 0.3) is 0 Å². The molecule has 4 rings (SSSR count). The zero-order valence-electron chi connectivity index (χ0n) is 16.3. The molecule has 0 unspecified atom stereocenters. The molecular formula is C24H27N3O. The van der Waals surface area contributed by atoms with Crippen molar-refractivity contribution in [2.75, 3.05) is 37.6 Å². The fraction of sp³-hybridized carbons (Fsp3) is 0.292. The zero-order valence-corrected chi connectivity index (χ0v) is 16.3. The SMILES string of the molecule is C[C@H](NC(=O)CN1CCN(c2ccccc2)CC1)c1ccc2ccccc2c1. The van der Waals surface area contributed by atoms with Crippen molar-refractivity contribution in [2.45, 2.75) is 13.0 Å². The fourth-order valence-electron chi connectivity index (χ4n) is 3.85. The van der Waals surface area contributed by atoms with E-state index in [4.69, 9.17) is 0 Å². The number of carbonyl (C=O) groups is 1. The third-order valence-corrected chi connectivity index (χ3v) is 5.51. The van der Waals surface area contributed by atoms with E-state index in [2.05, 4.69) is 76.6 Å². The monoisotopic (exact) mass is 373 g/mol. The lowest BCUT2D eigenvalue weighted by Gasteiger charge is -2.35. The number of amides is 1. The van der Waals surface area contributed by atoms with E-state index < -0.39 is 0 Å². The van der Waals surface area contributed by atoms with Gasteiger partial charge in [0.05, 0.1) is 12.6 Å². The Labute approximate surface area is 166 Å². The van der Waals surface area contributed by atoms with Gasteiger partial charge >= 0.3 is 0 Å². The van der Waals surface area contributed by atoms with Crippen molar-refractivity contribution < 1.29 is 4.79 Å². The number of piperazine rings is 1. The van der Waals surface area contributed by atoms with E-state index in [1.165, 1.54) is 16.5 Å². The summed E-state index contributed by atoms with van der Waals surface area (Å²) in [6.45, 7) is 6.24. The lowest BCUT2D eigenvalue weighted by Crippen LogP contribution is -2.49. The molecule has 28 heavy (non-hydrogen) atoms. The molecule has 0 radical (unpaired) electrons. The Morgan fingerprint density at radius 1 is 0.893 bits per heavy atom. The summed E-state index contributed by atoms with van der Waals surface area (Å²) >= 11 is 0. The molecule has 0 aliphatic carbocycles. The van der Waals surface area contributed by atoms with Gasteiger partial charge in [-0.05, 0) is 41.5 Å². The maximum Gasteiger partial charge on any atom is 0.234 e. The molecule has 1 amide bonds. The quantitative estimate of drug-likeness (QED) is 0.738. The highest BCUT2D eigenvalue weighted by atomic mass is 16.2. The predicted molar refractivity (Wildman–Crippen MR) is 116 cm³/mol. The normalized spacial score (nSPS) is 16.1. The van der Waals surface area contributed by atoms with Crippen LogP contribution >= 0.6 is 0 Å². The van der Waals surface area contributed by atoms with Gasteiger partial charge in [-0.3, -0.25) is 9.69 Å². The molecule has 1 aliphatic rings. The zero-order chi connectivity index (χ0) is 19.3. The lowest BCUT2D eigenvalue weighted by molar-refractivity contribution is -0.123. The van der Waals surface area contributed by atoms with Gasteiger partial charge in [-0.15, -0.1) is 0 Å². The summed E-state index contributed by atoms with van der Waals surface area (Å²) in [5.74, 6) is 0.0915. The van der Waals surface area contributed by atoms with Crippen molar-refractivity contribution in [3.8, 4) is 0 Å². The van der Waals surface area contributed by atoms with Gasteiger partial charge in [-0.25, -0.2) is 0 Å². The Kier molecular flexibility index (Phi) is 5.58. The maximum absolute atomic E-state index is 12.5. The van der Waals surface area contributed by atoms with Crippen molar-refractivity contribution in [2.24, 2.45) is 0 Å². The van der Waals surface area contributed by atoms with Crippen LogP contribution in [0.15, 0.2) is 72.8 Å². The molecule has 4 nitrogen and oxygen atoms in total. The van der Waals surface area contributed by atoms with E-state index in [9.17, 15) is 4.79 Å². The summed E-state index contributed by atoms with van der Waals surface area (Å²) in [5.41, 5.74) is 2.40. The van der Waals surface area contributed by atoms with E-state index in [0.717, 1.165) is 31.7 Å². The van der Waals surface area contributed by atoms with E-state index in [1.807, 2.05) is 18.2 Å². The van der Waals surface area contributed by atoms with Gasteiger partial charge in [0.2, 0.25) is 5.91 Å². The molecule has 3 aromatic carbocycles. The largest absolute Gasteiger partial charge is 0.369 e. The number of carbonyl (C=O) groups excluding carboxylic acids is 1. The summed E-state index contributed by atoms with van der Waals surface area (Å²) in [6.07, 6.45) is 0. The van der Waals surface area contributed by atoms with Gasteiger partial charge in [0.15, 0.2) is 0 Å². The van der Waals surface area contributed by atoms with Crippen LogP contribution in [0.3, 0.4) is 0 Å². The number of para-hydroxylation sites is 1. The summed E-state index contributed by atoms with van der Waals surface area (Å²) < 4.78 is 0. The summed E-state index contributed by atoms with van der Waals surface area (Å²) in [4.78, 5) is 17.2. The molecule has 144 valence electrons. The number of hydrogen-bond acceptors (Lipinski definition) is 3. The standard InChI is InChI=1S/C24H27N3O/c1-19(21-12-11-20-7-5-6-8-22(20)17-21)25-24(28)18-26-13-15-27(16-14-26)23-9-3-2-4-10-23/h2-12,17,19H,13-16,18H2,1H3,(H,25,28)/t19-/m0/s1.